The Kier molecular flexibility index (Phi) is 5.88. The summed E-state index contributed by atoms with van der Waals surface area (Å²) < 4.78 is 15.6. The first-order valence-corrected chi connectivity index (χ1v) is 8.72. The summed E-state index contributed by atoms with van der Waals surface area (Å²) in [6.45, 7) is 1.63. The van der Waals surface area contributed by atoms with Gasteiger partial charge in [-0.15, -0.1) is 0 Å². The topological polar surface area (TPSA) is 73.9 Å². The Morgan fingerprint density at radius 3 is 2.74 bits per heavy atom. The number of anilines is 1. The predicted octanol–water partition coefficient (Wildman–Crippen LogP) is 4.31. The molecule has 1 atom stereocenters. The standard InChI is InChI=1S/C19H15Cl2NO5/c1-11(19(24)22-15-9-13(20)4-5-14(15)21)27-18(23)7-3-12-2-6-16-17(8-12)26-10-25-16/h2-9,11H,10H2,1H3,(H,22,24)/b7-3+/t11-/m0/s1. The number of hydrogen-bond donors (Lipinski definition) is 1. The molecule has 0 bridgehead atoms. The van der Waals surface area contributed by atoms with Crippen molar-refractivity contribution in [3.63, 3.8) is 0 Å². The second kappa shape index (κ2) is 8.33. The molecule has 0 aromatic heterocycles. The third kappa shape index (κ3) is 4.93. The van der Waals surface area contributed by atoms with Gasteiger partial charge in [0.05, 0.1) is 10.7 Å². The highest BCUT2D eigenvalue weighted by Crippen LogP contribution is 2.32. The van der Waals surface area contributed by atoms with Crippen LogP contribution in [0.1, 0.15) is 12.5 Å². The van der Waals surface area contributed by atoms with E-state index in [4.69, 9.17) is 37.4 Å². The number of nitrogens with one attached hydrogen (secondary N) is 1. The fraction of sp³-hybridized carbons (Fsp3) is 0.158. The van der Waals surface area contributed by atoms with Gasteiger partial charge in [0.2, 0.25) is 6.79 Å². The van der Waals surface area contributed by atoms with Crippen molar-refractivity contribution in [2.24, 2.45) is 0 Å². The van der Waals surface area contributed by atoms with E-state index in [0.29, 0.717) is 27.2 Å². The van der Waals surface area contributed by atoms with Crippen LogP contribution in [-0.2, 0) is 14.3 Å². The maximum atomic E-state index is 12.2. The molecule has 0 saturated heterocycles. The molecule has 3 rings (SSSR count). The maximum absolute atomic E-state index is 12.2. The normalized spacial score (nSPS) is 13.4. The van der Waals surface area contributed by atoms with Gasteiger partial charge < -0.3 is 19.5 Å². The van der Waals surface area contributed by atoms with E-state index in [1.807, 2.05) is 0 Å². The number of carbonyl (C=O) groups is 2. The summed E-state index contributed by atoms with van der Waals surface area (Å²) in [5.74, 6) is 0.0767. The Bertz CT molecular complexity index is 913. The van der Waals surface area contributed by atoms with Crippen LogP contribution in [0, 0.1) is 0 Å². The van der Waals surface area contributed by atoms with E-state index in [9.17, 15) is 9.59 Å². The molecule has 0 spiro atoms. The molecule has 1 amide bonds. The van der Waals surface area contributed by atoms with E-state index in [-0.39, 0.29) is 6.79 Å². The minimum absolute atomic E-state index is 0.174. The Balaban J connectivity index is 1.56. The third-order valence-corrected chi connectivity index (χ3v) is 4.22. The number of esters is 1. The summed E-state index contributed by atoms with van der Waals surface area (Å²) in [5, 5.41) is 3.32. The SMILES string of the molecule is C[C@H](OC(=O)/C=C/c1ccc2c(c1)OCO2)C(=O)Nc1cc(Cl)ccc1Cl. The third-order valence-electron chi connectivity index (χ3n) is 3.66. The van der Waals surface area contributed by atoms with Crippen molar-refractivity contribution in [1.82, 2.24) is 0 Å². The quantitative estimate of drug-likeness (QED) is 0.590. The van der Waals surface area contributed by atoms with Gasteiger partial charge in [-0.2, -0.15) is 0 Å². The van der Waals surface area contributed by atoms with Crippen molar-refractivity contribution < 1.29 is 23.8 Å². The van der Waals surface area contributed by atoms with Gasteiger partial charge in [-0.05, 0) is 48.9 Å². The minimum Gasteiger partial charge on any atom is -0.454 e. The Morgan fingerprint density at radius 2 is 1.93 bits per heavy atom. The minimum atomic E-state index is -1.02. The molecule has 27 heavy (non-hydrogen) atoms. The number of fused-ring (bicyclic) bond motifs is 1. The molecule has 1 N–H and O–H groups in total. The Morgan fingerprint density at radius 1 is 1.15 bits per heavy atom. The molecule has 0 radical (unpaired) electrons. The molecule has 140 valence electrons. The van der Waals surface area contributed by atoms with Gasteiger partial charge in [-0.3, -0.25) is 4.79 Å². The van der Waals surface area contributed by atoms with Gasteiger partial charge in [0, 0.05) is 11.1 Å². The van der Waals surface area contributed by atoms with Crippen LogP contribution in [0.2, 0.25) is 10.0 Å². The van der Waals surface area contributed by atoms with Crippen molar-refractivity contribution >= 4 is 46.8 Å². The lowest BCUT2D eigenvalue weighted by Crippen LogP contribution is -2.29. The van der Waals surface area contributed by atoms with Gasteiger partial charge in [0.1, 0.15) is 0 Å². The number of carbonyl (C=O) groups excluding carboxylic acids is 2. The largest absolute Gasteiger partial charge is 0.454 e. The van der Waals surface area contributed by atoms with Crippen molar-refractivity contribution in [1.29, 1.82) is 0 Å². The molecule has 2 aromatic carbocycles. The number of hydrogen-bond acceptors (Lipinski definition) is 5. The highest BCUT2D eigenvalue weighted by Gasteiger charge is 2.18. The van der Waals surface area contributed by atoms with E-state index < -0.39 is 18.0 Å². The molecule has 1 aliphatic rings. The van der Waals surface area contributed by atoms with E-state index in [1.165, 1.54) is 19.1 Å². The average molecular weight is 408 g/mol. The van der Waals surface area contributed by atoms with E-state index in [1.54, 1.807) is 36.4 Å². The van der Waals surface area contributed by atoms with Crippen LogP contribution in [0.3, 0.4) is 0 Å². The zero-order chi connectivity index (χ0) is 19.4. The van der Waals surface area contributed by atoms with Crippen LogP contribution in [0.15, 0.2) is 42.5 Å². The first-order chi connectivity index (χ1) is 12.9. The molecule has 2 aromatic rings. The van der Waals surface area contributed by atoms with E-state index in [0.717, 1.165) is 5.56 Å². The first-order valence-electron chi connectivity index (χ1n) is 7.96. The van der Waals surface area contributed by atoms with Gasteiger partial charge in [0.15, 0.2) is 17.6 Å². The molecule has 1 aliphatic heterocycles. The summed E-state index contributed by atoms with van der Waals surface area (Å²) in [4.78, 5) is 24.1. The van der Waals surface area contributed by atoms with Crippen LogP contribution in [0.5, 0.6) is 11.5 Å². The summed E-state index contributed by atoms with van der Waals surface area (Å²) >= 11 is 11.9. The summed E-state index contributed by atoms with van der Waals surface area (Å²) in [6.07, 6.45) is 1.77. The molecule has 1 heterocycles. The molecule has 0 saturated carbocycles. The molecule has 0 fully saturated rings. The van der Waals surface area contributed by atoms with Crippen LogP contribution < -0.4 is 14.8 Å². The van der Waals surface area contributed by atoms with Gasteiger partial charge in [0.25, 0.3) is 5.91 Å². The lowest BCUT2D eigenvalue weighted by molar-refractivity contribution is -0.148. The molecule has 0 aliphatic carbocycles. The van der Waals surface area contributed by atoms with E-state index >= 15 is 0 Å². The van der Waals surface area contributed by atoms with Gasteiger partial charge in [-0.25, -0.2) is 4.79 Å². The van der Waals surface area contributed by atoms with Crippen LogP contribution >= 0.6 is 23.2 Å². The van der Waals surface area contributed by atoms with Crippen LogP contribution in [0.25, 0.3) is 6.08 Å². The van der Waals surface area contributed by atoms with Crippen molar-refractivity contribution in [2.75, 3.05) is 12.1 Å². The lowest BCUT2D eigenvalue weighted by Gasteiger charge is -2.13. The monoisotopic (exact) mass is 407 g/mol. The van der Waals surface area contributed by atoms with Crippen molar-refractivity contribution in [2.45, 2.75) is 13.0 Å². The number of halogens is 2. The summed E-state index contributed by atoms with van der Waals surface area (Å²) in [5.41, 5.74) is 1.08. The average Bonchev–Trinajstić information content (AvgIpc) is 3.10. The van der Waals surface area contributed by atoms with Crippen molar-refractivity contribution in [3.8, 4) is 11.5 Å². The second-order valence-corrected chi connectivity index (χ2v) is 6.48. The molecule has 8 heteroatoms. The summed E-state index contributed by atoms with van der Waals surface area (Å²) in [6, 6.07) is 9.93. The van der Waals surface area contributed by atoms with Gasteiger partial charge in [-0.1, -0.05) is 29.3 Å². The maximum Gasteiger partial charge on any atom is 0.331 e. The molecular weight excluding hydrogens is 393 g/mol. The van der Waals surface area contributed by atoms with Crippen LogP contribution in [-0.4, -0.2) is 24.8 Å². The highest BCUT2D eigenvalue weighted by atomic mass is 35.5. The van der Waals surface area contributed by atoms with Gasteiger partial charge >= 0.3 is 5.97 Å². The molecule has 6 nitrogen and oxygen atoms in total. The predicted molar refractivity (Wildman–Crippen MR) is 102 cm³/mol. The zero-order valence-corrected chi connectivity index (χ0v) is 15.7. The van der Waals surface area contributed by atoms with Crippen molar-refractivity contribution in [3.05, 3.63) is 58.1 Å². The lowest BCUT2D eigenvalue weighted by atomic mass is 10.2. The Labute approximate surface area is 165 Å². The molecular formula is C19H15Cl2NO5. The summed E-state index contributed by atoms with van der Waals surface area (Å²) in [7, 11) is 0. The first kappa shape index (κ1) is 19.1. The highest BCUT2D eigenvalue weighted by molar-refractivity contribution is 6.35. The molecule has 0 unspecified atom stereocenters. The number of benzene rings is 2. The second-order valence-electron chi connectivity index (χ2n) is 5.64. The van der Waals surface area contributed by atoms with E-state index in [2.05, 4.69) is 5.32 Å². The number of ether oxygens (including phenoxy) is 3. The Hall–Kier alpha value is -2.70. The van der Waals surface area contributed by atoms with Crippen LogP contribution in [0.4, 0.5) is 5.69 Å². The fourth-order valence-electron chi connectivity index (χ4n) is 2.28. The fourth-order valence-corrected chi connectivity index (χ4v) is 2.61. The number of amides is 1. The number of rotatable bonds is 5. The zero-order valence-electron chi connectivity index (χ0n) is 14.2. The smallest absolute Gasteiger partial charge is 0.331 e.